The summed E-state index contributed by atoms with van der Waals surface area (Å²) in [7, 11) is 1.42. The molecule has 6 heteroatoms. The Morgan fingerprint density at radius 1 is 1.29 bits per heavy atom. The van der Waals surface area contributed by atoms with Crippen molar-refractivity contribution in [3.63, 3.8) is 0 Å². The zero-order valence-electron chi connectivity index (χ0n) is 9.49. The molecule has 0 saturated carbocycles. The van der Waals surface area contributed by atoms with Crippen molar-refractivity contribution in [3.8, 4) is 5.75 Å². The second-order valence-electron chi connectivity index (χ2n) is 3.28. The highest BCUT2D eigenvalue weighted by Crippen LogP contribution is 2.16. The molecule has 0 bridgehead atoms. The summed E-state index contributed by atoms with van der Waals surface area (Å²) in [5, 5.41) is 4.98. The normalized spacial score (nSPS) is 11.5. The smallest absolute Gasteiger partial charge is 0.321 e. The minimum absolute atomic E-state index is 0.508. The van der Waals surface area contributed by atoms with Crippen LogP contribution in [0.25, 0.3) is 0 Å². The van der Waals surface area contributed by atoms with Crippen molar-refractivity contribution in [3.05, 3.63) is 29.3 Å². The van der Waals surface area contributed by atoms with Gasteiger partial charge in [0.1, 0.15) is 5.75 Å². The molecule has 0 aliphatic carbocycles. The standard InChI is InChI=1S/C11H13ClN2O3/c1-7(10(15)14-11(16)13-2)17-9-5-3-8(12)4-6-9/h3-7H,1-2H3,(H2,13,14,15,16)/t7-/m1/s1. The number of amides is 3. The van der Waals surface area contributed by atoms with Gasteiger partial charge in [0.15, 0.2) is 6.10 Å². The summed E-state index contributed by atoms with van der Waals surface area (Å²) in [6, 6.07) is 6.03. The van der Waals surface area contributed by atoms with Crippen molar-refractivity contribution in [2.45, 2.75) is 13.0 Å². The van der Waals surface area contributed by atoms with E-state index in [2.05, 4.69) is 10.6 Å². The van der Waals surface area contributed by atoms with Crippen LogP contribution in [-0.4, -0.2) is 25.1 Å². The summed E-state index contributed by atoms with van der Waals surface area (Å²) in [6.07, 6.45) is -0.770. The van der Waals surface area contributed by atoms with E-state index in [1.54, 1.807) is 31.2 Å². The molecule has 0 radical (unpaired) electrons. The molecule has 3 amide bonds. The van der Waals surface area contributed by atoms with Crippen LogP contribution in [-0.2, 0) is 4.79 Å². The molecule has 0 spiro atoms. The summed E-state index contributed by atoms with van der Waals surface area (Å²) >= 11 is 5.71. The first kappa shape index (κ1) is 13.3. The monoisotopic (exact) mass is 256 g/mol. The SMILES string of the molecule is CNC(=O)NC(=O)[C@@H](C)Oc1ccc(Cl)cc1. The summed E-state index contributed by atoms with van der Waals surface area (Å²) in [4.78, 5) is 22.4. The second-order valence-corrected chi connectivity index (χ2v) is 3.72. The van der Waals surface area contributed by atoms with E-state index in [9.17, 15) is 9.59 Å². The molecule has 17 heavy (non-hydrogen) atoms. The highest BCUT2D eigenvalue weighted by molar-refractivity contribution is 6.30. The van der Waals surface area contributed by atoms with Crippen LogP contribution in [0.2, 0.25) is 5.02 Å². The topological polar surface area (TPSA) is 67.4 Å². The average Bonchev–Trinajstić information content (AvgIpc) is 2.31. The largest absolute Gasteiger partial charge is 0.481 e. The molecule has 0 aromatic heterocycles. The Labute approximate surface area is 104 Å². The van der Waals surface area contributed by atoms with Crippen LogP contribution in [0.5, 0.6) is 5.75 Å². The minimum atomic E-state index is -0.770. The summed E-state index contributed by atoms with van der Waals surface area (Å²) in [5.74, 6) is -0.00624. The fourth-order valence-electron chi connectivity index (χ4n) is 1.05. The number of nitrogens with one attached hydrogen (secondary N) is 2. The molecular weight excluding hydrogens is 244 g/mol. The lowest BCUT2D eigenvalue weighted by molar-refractivity contribution is -0.126. The van der Waals surface area contributed by atoms with E-state index in [0.29, 0.717) is 10.8 Å². The number of rotatable bonds is 3. The third kappa shape index (κ3) is 4.32. The maximum absolute atomic E-state index is 11.5. The summed E-state index contributed by atoms with van der Waals surface area (Å²) in [6.45, 7) is 1.55. The number of carbonyl (C=O) groups excluding carboxylic acids is 2. The van der Waals surface area contributed by atoms with Gasteiger partial charge in [0.05, 0.1) is 0 Å². The molecule has 5 nitrogen and oxygen atoms in total. The van der Waals surface area contributed by atoms with Gasteiger partial charge in [0.2, 0.25) is 0 Å². The molecule has 1 atom stereocenters. The van der Waals surface area contributed by atoms with Gasteiger partial charge in [0.25, 0.3) is 5.91 Å². The molecule has 92 valence electrons. The highest BCUT2D eigenvalue weighted by Gasteiger charge is 2.16. The van der Waals surface area contributed by atoms with Crippen LogP contribution < -0.4 is 15.4 Å². The van der Waals surface area contributed by atoms with Crippen molar-refractivity contribution in [1.82, 2.24) is 10.6 Å². The van der Waals surface area contributed by atoms with Gasteiger partial charge >= 0.3 is 6.03 Å². The number of carbonyl (C=O) groups is 2. The fraction of sp³-hybridized carbons (Fsp3) is 0.273. The number of imide groups is 1. The maximum Gasteiger partial charge on any atom is 0.321 e. The van der Waals surface area contributed by atoms with Crippen LogP contribution in [0.4, 0.5) is 4.79 Å². The zero-order chi connectivity index (χ0) is 12.8. The number of hydrogen-bond donors (Lipinski definition) is 2. The van der Waals surface area contributed by atoms with Crippen LogP contribution >= 0.6 is 11.6 Å². The van der Waals surface area contributed by atoms with E-state index in [0.717, 1.165) is 0 Å². The Morgan fingerprint density at radius 2 is 1.88 bits per heavy atom. The quantitative estimate of drug-likeness (QED) is 0.863. The molecule has 0 unspecified atom stereocenters. The number of benzene rings is 1. The van der Waals surface area contributed by atoms with E-state index < -0.39 is 18.0 Å². The lowest BCUT2D eigenvalue weighted by Crippen LogP contribution is -2.43. The Morgan fingerprint density at radius 3 is 2.41 bits per heavy atom. The molecule has 0 aliphatic heterocycles. The zero-order valence-corrected chi connectivity index (χ0v) is 10.2. The van der Waals surface area contributed by atoms with Gasteiger partial charge in [-0.3, -0.25) is 10.1 Å². The Bertz CT molecular complexity index is 406. The van der Waals surface area contributed by atoms with E-state index in [1.807, 2.05) is 0 Å². The van der Waals surface area contributed by atoms with Gasteiger partial charge < -0.3 is 10.1 Å². The Hall–Kier alpha value is -1.75. The minimum Gasteiger partial charge on any atom is -0.481 e. The van der Waals surface area contributed by atoms with Crippen molar-refractivity contribution < 1.29 is 14.3 Å². The lowest BCUT2D eigenvalue weighted by atomic mass is 10.3. The Kier molecular flexibility index (Phi) is 4.78. The van der Waals surface area contributed by atoms with Gasteiger partial charge in [-0.1, -0.05) is 11.6 Å². The second kappa shape index (κ2) is 6.10. The van der Waals surface area contributed by atoms with Crippen LogP contribution in [0.15, 0.2) is 24.3 Å². The predicted molar refractivity (Wildman–Crippen MR) is 64.1 cm³/mol. The third-order valence-corrected chi connectivity index (χ3v) is 2.21. The van der Waals surface area contributed by atoms with Gasteiger partial charge in [-0.25, -0.2) is 4.79 Å². The van der Waals surface area contributed by atoms with Crippen molar-refractivity contribution in [2.24, 2.45) is 0 Å². The van der Waals surface area contributed by atoms with E-state index >= 15 is 0 Å². The van der Waals surface area contributed by atoms with E-state index in [1.165, 1.54) is 7.05 Å². The van der Waals surface area contributed by atoms with Crippen molar-refractivity contribution in [1.29, 1.82) is 0 Å². The first-order chi connectivity index (χ1) is 8.02. The predicted octanol–water partition coefficient (Wildman–Crippen LogP) is 1.56. The number of hydrogen-bond acceptors (Lipinski definition) is 3. The molecule has 1 rings (SSSR count). The van der Waals surface area contributed by atoms with Gasteiger partial charge in [-0.15, -0.1) is 0 Å². The highest BCUT2D eigenvalue weighted by atomic mass is 35.5. The Balaban J connectivity index is 2.54. The number of halogens is 1. The number of urea groups is 1. The van der Waals surface area contributed by atoms with E-state index in [4.69, 9.17) is 16.3 Å². The molecule has 0 aliphatic rings. The van der Waals surface area contributed by atoms with Gasteiger partial charge in [-0.05, 0) is 31.2 Å². The van der Waals surface area contributed by atoms with Crippen LogP contribution in [0.3, 0.4) is 0 Å². The first-order valence-electron chi connectivity index (χ1n) is 4.97. The first-order valence-corrected chi connectivity index (χ1v) is 5.35. The van der Waals surface area contributed by atoms with Gasteiger partial charge in [0, 0.05) is 12.1 Å². The summed E-state index contributed by atoms with van der Waals surface area (Å²) < 4.78 is 5.33. The molecule has 1 aromatic carbocycles. The molecule has 0 heterocycles. The van der Waals surface area contributed by atoms with Crippen molar-refractivity contribution in [2.75, 3.05) is 7.05 Å². The average molecular weight is 257 g/mol. The molecular formula is C11H13ClN2O3. The maximum atomic E-state index is 11.5. The molecule has 0 saturated heterocycles. The fourth-order valence-corrected chi connectivity index (χ4v) is 1.17. The van der Waals surface area contributed by atoms with Crippen molar-refractivity contribution >= 4 is 23.5 Å². The van der Waals surface area contributed by atoms with Gasteiger partial charge in [-0.2, -0.15) is 0 Å². The van der Waals surface area contributed by atoms with E-state index in [-0.39, 0.29) is 0 Å². The third-order valence-electron chi connectivity index (χ3n) is 1.96. The number of ether oxygens (including phenoxy) is 1. The molecule has 1 aromatic rings. The lowest BCUT2D eigenvalue weighted by Gasteiger charge is -2.13. The summed E-state index contributed by atoms with van der Waals surface area (Å²) in [5.41, 5.74) is 0. The molecule has 2 N–H and O–H groups in total. The van der Waals surface area contributed by atoms with Crippen LogP contribution in [0.1, 0.15) is 6.92 Å². The van der Waals surface area contributed by atoms with Crippen LogP contribution in [0, 0.1) is 0 Å². The molecule has 0 fully saturated rings.